The van der Waals surface area contributed by atoms with Crippen LogP contribution in [0, 0.1) is 0 Å². The van der Waals surface area contributed by atoms with Gasteiger partial charge in [-0.05, 0) is 5.92 Å². The Labute approximate surface area is 82.0 Å². The molecule has 0 radical (unpaired) electrons. The number of hydrogen-bond acceptors (Lipinski definition) is 4. The summed E-state index contributed by atoms with van der Waals surface area (Å²) in [4.78, 5) is 12.6. The predicted molar refractivity (Wildman–Crippen MR) is 54.8 cm³/mol. The van der Waals surface area contributed by atoms with E-state index in [4.69, 9.17) is 5.73 Å². The first-order valence-corrected chi connectivity index (χ1v) is 4.54. The lowest BCUT2D eigenvalue weighted by Gasteiger charge is -2.03. The second-order valence-corrected chi connectivity index (χ2v) is 3.61. The molecule has 14 heavy (non-hydrogen) atoms. The van der Waals surface area contributed by atoms with Gasteiger partial charge in [-0.1, -0.05) is 13.8 Å². The zero-order valence-corrected chi connectivity index (χ0v) is 8.52. The summed E-state index contributed by atoms with van der Waals surface area (Å²) in [5.74, 6) is 0.803. The molecule has 74 valence electrons. The van der Waals surface area contributed by atoms with Gasteiger partial charge >= 0.3 is 0 Å². The largest absolute Gasteiger partial charge is 0.369 e. The topological polar surface area (TPSA) is 69.6 Å². The van der Waals surface area contributed by atoms with Crippen molar-refractivity contribution in [3.05, 3.63) is 12.0 Å². The molecule has 2 rings (SSSR count). The van der Waals surface area contributed by atoms with Crippen LogP contribution in [0.1, 0.15) is 25.5 Å². The van der Waals surface area contributed by atoms with E-state index in [2.05, 4.69) is 28.8 Å². The number of nitrogen functional groups attached to an aromatic ring is 1. The van der Waals surface area contributed by atoms with Crippen molar-refractivity contribution in [2.24, 2.45) is 7.05 Å². The fraction of sp³-hybridized carbons (Fsp3) is 0.444. The molecule has 2 aromatic heterocycles. The van der Waals surface area contributed by atoms with Crippen molar-refractivity contribution in [3.8, 4) is 0 Å². The van der Waals surface area contributed by atoms with Gasteiger partial charge in [0.15, 0.2) is 5.65 Å². The number of rotatable bonds is 1. The number of anilines is 1. The summed E-state index contributed by atoms with van der Waals surface area (Å²) in [5, 5.41) is 0. The van der Waals surface area contributed by atoms with Crippen LogP contribution < -0.4 is 5.73 Å². The molecule has 0 bridgehead atoms. The molecule has 2 heterocycles. The highest BCUT2D eigenvalue weighted by atomic mass is 15.2. The minimum absolute atomic E-state index is 0.329. The second-order valence-electron chi connectivity index (χ2n) is 3.61. The van der Waals surface area contributed by atoms with Crippen LogP contribution in [0.25, 0.3) is 11.2 Å². The maximum atomic E-state index is 5.71. The van der Waals surface area contributed by atoms with E-state index in [1.807, 2.05) is 7.05 Å². The summed E-state index contributed by atoms with van der Waals surface area (Å²) in [7, 11) is 1.85. The summed E-state index contributed by atoms with van der Waals surface area (Å²) in [5.41, 5.74) is 8.25. The lowest BCUT2D eigenvalue weighted by atomic mass is 10.1. The lowest BCUT2D eigenvalue weighted by molar-refractivity contribution is 0.824. The van der Waals surface area contributed by atoms with Gasteiger partial charge in [-0.2, -0.15) is 0 Å². The molecule has 0 aliphatic rings. The Balaban J connectivity index is 2.81. The van der Waals surface area contributed by atoms with Crippen molar-refractivity contribution in [1.82, 2.24) is 19.5 Å². The fourth-order valence-electron chi connectivity index (χ4n) is 1.46. The van der Waals surface area contributed by atoms with E-state index < -0.39 is 0 Å². The number of aryl methyl sites for hydroxylation is 1. The Hall–Kier alpha value is -1.65. The van der Waals surface area contributed by atoms with Gasteiger partial charge in [0.25, 0.3) is 0 Å². The van der Waals surface area contributed by atoms with Crippen molar-refractivity contribution < 1.29 is 0 Å². The van der Waals surface area contributed by atoms with Crippen LogP contribution >= 0.6 is 0 Å². The number of hydrogen-bond donors (Lipinski definition) is 1. The highest BCUT2D eigenvalue weighted by Gasteiger charge is 2.13. The number of imidazole rings is 1. The molecule has 0 aromatic carbocycles. The van der Waals surface area contributed by atoms with Crippen LogP contribution in [0.3, 0.4) is 0 Å². The SMILES string of the molecule is CC(C)c1ncnc2c1nc(N)n2C. The van der Waals surface area contributed by atoms with E-state index in [1.54, 1.807) is 10.9 Å². The summed E-state index contributed by atoms with van der Waals surface area (Å²) in [6, 6.07) is 0. The van der Waals surface area contributed by atoms with Gasteiger partial charge < -0.3 is 5.73 Å². The lowest BCUT2D eigenvalue weighted by Crippen LogP contribution is -1.98. The molecule has 0 aliphatic heterocycles. The molecular weight excluding hydrogens is 178 g/mol. The second kappa shape index (κ2) is 2.94. The first kappa shape index (κ1) is 8.93. The third kappa shape index (κ3) is 1.13. The van der Waals surface area contributed by atoms with Gasteiger partial charge in [0.1, 0.15) is 11.8 Å². The molecule has 0 fully saturated rings. The van der Waals surface area contributed by atoms with Crippen molar-refractivity contribution in [1.29, 1.82) is 0 Å². The Kier molecular flexibility index (Phi) is 1.87. The van der Waals surface area contributed by atoms with Gasteiger partial charge in [-0.15, -0.1) is 0 Å². The van der Waals surface area contributed by atoms with E-state index in [-0.39, 0.29) is 0 Å². The van der Waals surface area contributed by atoms with Gasteiger partial charge in [0, 0.05) is 7.05 Å². The number of nitrogens with zero attached hydrogens (tertiary/aromatic N) is 4. The van der Waals surface area contributed by atoms with Crippen molar-refractivity contribution >= 4 is 17.1 Å². The zero-order chi connectivity index (χ0) is 10.3. The van der Waals surface area contributed by atoms with Crippen LogP contribution in [0.4, 0.5) is 5.95 Å². The quantitative estimate of drug-likeness (QED) is 0.732. The monoisotopic (exact) mass is 191 g/mol. The first-order chi connectivity index (χ1) is 6.61. The normalized spacial score (nSPS) is 11.4. The molecule has 2 aromatic rings. The Morgan fingerprint density at radius 1 is 1.36 bits per heavy atom. The van der Waals surface area contributed by atoms with E-state index in [9.17, 15) is 0 Å². The summed E-state index contributed by atoms with van der Waals surface area (Å²) >= 11 is 0. The maximum absolute atomic E-state index is 5.71. The number of aromatic nitrogens is 4. The van der Waals surface area contributed by atoms with Crippen LogP contribution in [0.15, 0.2) is 6.33 Å². The average molecular weight is 191 g/mol. The molecule has 0 unspecified atom stereocenters. The Bertz CT molecular complexity index is 471. The molecule has 0 saturated heterocycles. The molecule has 0 atom stereocenters. The molecular formula is C9H13N5. The van der Waals surface area contributed by atoms with Crippen LogP contribution in [0.2, 0.25) is 0 Å². The van der Waals surface area contributed by atoms with E-state index in [0.717, 1.165) is 16.9 Å². The fourth-order valence-corrected chi connectivity index (χ4v) is 1.46. The summed E-state index contributed by atoms with van der Waals surface area (Å²) < 4.78 is 1.77. The zero-order valence-electron chi connectivity index (χ0n) is 8.52. The smallest absolute Gasteiger partial charge is 0.202 e. The van der Waals surface area contributed by atoms with Crippen molar-refractivity contribution in [2.45, 2.75) is 19.8 Å². The predicted octanol–water partition coefficient (Wildman–Crippen LogP) is 1.07. The van der Waals surface area contributed by atoms with Crippen molar-refractivity contribution in [3.63, 3.8) is 0 Å². The molecule has 0 spiro atoms. The molecule has 0 aliphatic carbocycles. The minimum atomic E-state index is 0.329. The van der Waals surface area contributed by atoms with Crippen LogP contribution in [-0.2, 0) is 7.05 Å². The highest BCUT2D eigenvalue weighted by molar-refractivity contribution is 5.76. The minimum Gasteiger partial charge on any atom is -0.369 e. The molecule has 2 N–H and O–H groups in total. The first-order valence-electron chi connectivity index (χ1n) is 4.54. The summed E-state index contributed by atoms with van der Waals surface area (Å²) in [6.07, 6.45) is 1.55. The molecule has 5 heteroatoms. The van der Waals surface area contributed by atoms with Crippen LogP contribution in [0.5, 0.6) is 0 Å². The van der Waals surface area contributed by atoms with Gasteiger partial charge in [-0.25, -0.2) is 15.0 Å². The average Bonchev–Trinajstić information content (AvgIpc) is 2.43. The van der Waals surface area contributed by atoms with E-state index >= 15 is 0 Å². The molecule has 0 saturated carbocycles. The number of fused-ring (bicyclic) bond motifs is 1. The van der Waals surface area contributed by atoms with Gasteiger partial charge in [-0.3, -0.25) is 4.57 Å². The van der Waals surface area contributed by atoms with Crippen molar-refractivity contribution in [2.75, 3.05) is 5.73 Å². The summed E-state index contributed by atoms with van der Waals surface area (Å²) in [6.45, 7) is 4.15. The van der Waals surface area contributed by atoms with Gasteiger partial charge in [0.2, 0.25) is 5.95 Å². The third-order valence-electron chi connectivity index (χ3n) is 2.27. The van der Waals surface area contributed by atoms with Gasteiger partial charge in [0.05, 0.1) is 5.69 Å². The van der Waals surface area contributed by atoms with E-state index in [1.165, 1.54) is 0 Å². The maximum Gasteiger partial charge on any atom is 0.202 e. The van der Waals surface area contributed by atoms with E-state index in [0.29, 0.717) is 11.9 Å². The molecule has 5 nitrogen and oxygen atoms in total. The molecule has 0 amide bonds. The number of nitrogens with two attached hydrogens (primary N) is 1. The Morgan fingerprint density at radius 2 is 2.07 bits per heavy atom. The standard InChI is InChI=1S/C9H13N5/c1-5(2)6-7-8(12-4-11-6)14(3)9(10)13-7/h4-5H,1-3H3,(H2,10,13). The third-order valence-corrected chi connectivity index (χ3v) is 2.27. The highest BCUT2D eigenvalue weighted by Crippen LogP contribution is 2.21. The van der Waals surface area contributed by atoms with Crippen LogP contribution in [-0.4, -0.2) is 19.5 Å². The Morgan fingerprint density at radius 3 is 2.71 bits per heavy atom.